The molecule has 0 unspecified atom stereocenters. The number of anilines is 1. The van der Waals surface area contributed by atoms with Crippen molar-refractivity contribution in [2.24, 2.45) is 0 Å². The fourth-order valence-corrected chi connectivity index (χ4v) is 3.55. The fourth-order valence-electron chi connectivity index (χ4n) is 3.55. The molecule has 0 aliphatic carbocycles. The number of carbonyl (C=O) groups excluding carboxylic acids is 1. The largest absolute Gasteiger partial charge is 0.497 e. The van der Waals surface area contributed by atoms with Crippen LogP contribution < -0.4 is 10.1 Å². The first-order valence-electron chi connectivity index (χ1n) is 9.51. The van der Waals surface area contributed by atoms with E-state index in [2.05, 4.69) is 10.2 Å². The van der Waals surface area contributed by atoms with Crippen molar-refractivity contribution in [3.8, 4) is 5.75 Å². The third kappa shape index (κ3) is 5.03. The first-order chi connectivity index (χ1) is 14.0. The highest BCUT2D eigenvalue weighted by molar-refractivity contribution is 5.95. The highest BCUT2D eigenvalue weighted by Crippen LogP contribution is 2.28. The highest BCUT2D eigenvalue weighted by Gasteiger charge is 2.23. The van der Waals surface area contributed by atoms with Gasteiger partial charge in [0.15, 0.2) is 0 Å². The Morgan fingerprint density at radius 2 is 1.86 bits per heavy atom. The average molecular weight is 399 g/mol. The van der Waals surface area contributed by atoms with Crippen LogP contribution in [0.1, 0.15) is 34.8 Å². The number of carbonyl (C=O) groups is 1. The summed E-state index contributed by atoms with van der Waals surface area (Å²) in [6.45, 7) is 2.88. The maximum atomic E-state index is 12.0. The van der Waals surface area contributed by atoms with Crippen LogP contribution in [0.2, 0.25) is 0 Å². The van der Waals surface area contributed by atoms with E-state index in [-0.39, 0.29) is 17.3 Å². The molecule has 2 aromatic carbocycles. The second kappa shape index (κ2) is 9.38. The number of nitrogens with one attached hydrogen (secondary N) is 1. The van der Waals surface area contributed by atoms with Gasteiger partial charge in [0.2, 0.25) is 0 Å². The topological polar surface area (TPSA) is 93.9 Å². The minimum atomic E-state index is -0.735. The maximum absolute atomic E-state index is 12.0. The molecule has 3 rings (SSSR count). The molecular weight excluding hydrogens is 374 g/mol. The Morgan fingerprint density at radius 1 is 1.17 bits per heavy atom. The summed E-state index contributed by atoms with van der Waals surface area (Å²) >= 11 is 0. The molecule has 1 N–H and O–H groups in total. The van der Waals surface area contributed by atoms with Crippen LogP contribution in [0.3, 0.4) is 0 Å². The van der Waals surface area contributed by atoms with E-state index in [0.717, 1.165) is 30.9 Å². The second-order valence-electron chi connectivity index (χ2n) is 6.96. The summed E-state index contributed by atoms with van der Waals surface area (Å²) in [4.78, 5) is 25.1. The summed E-state index contributed by atoms with van der Waals surface area (Å²) in [5.41, 5.74) is 1.34. The molecule has 0 radical (unpaired) electrons. The van der Waals surface area contributed by atoms with Gasteiger partial charge in [-0.25, -0.2) is 4.79 Å². The van der Waals surface area contributed by atoms with Crippen LogP contribution in [0.25, 0.3) is 0 Å². The molecule has 154 valence electrons. The smallest absolute Gasteiger partial charge is 0.344 e. The van der Waals surface area contributed by atoms with Crippen molar-refractivity contribution in [1.29, 1.82) is 0 Å². The predicted molar refractivity (Wildman–Crippen MR) is 109 cm³/mol. The standard InChI is InChI=1S/C21H25N3O5/c1-28-17-8-5-15(6-9-17)19(14-23-11-3-4-12-23)22-16-7-10-20(24(26)27)18(13-16)21(25)29-2/h5-10,13,19,22H,3-4,11-12,14H2,1-2H3/t19-/m1/s1. The molecule has 0 amide bonds. The van der Waals surface area contributed by atoms with Crippen molar-refractivity contribution in [2.45, 2.75) is 18.9 Å². The van der Waals surface area contributed by atoms with Gasteiger partial charge in [-0.15, -0.1) is 0 Å². The summed E-state index contributed by atoms with van der Waals surface area (Å²) in [5.74, 6) is 0.0397. The van der Waals surface area contributed by atoms with Crippen molar-refractivity contribution < 1.29 is 19.2 Å². The second-order valence-corrected chi connectivity index (χ2v) is 6.96. The van der Waals surface area contributed by atoms with E-state index in [0.29, 0.717) is 5.69 Å². The van der Waals surface area contributed by atoms with E-state index >= 15 is 0 Å². The molecule has 0 bridgehead atoms. The van der Waals surface area contributed by atoms with Gasteiger partial charge in [0.1, 0.15) is 11.3 Å². The van der Waals surface area contributed by atoms with Crippen molar-refractivity contribution in [3.05, 3.63) is 63.7 Å². The first-order valence-corrected chi connectivity index (χ1v) is 9.51. The normalized spacial score (nSPS) is 15.0. The van der Waals surface area contributed by atoms with Gasteiger partial charge in [0.05, 0.1) is 25.2 Å². The van der Waals surface area contributed by atoms with Gasteiger partial charge < -0.3 is 19.7 Å². The van der Waals surface area contributed by atoms with Crippen molar-refractivity contribution >= 4 is 17.3 Å². The fraction of sp³-hybridized carbons (Fsp3) is 0.381. The van der Waals surface area contributed by atoms with E-state index < -0.39 is 10.9 Å². The van der Waals surface area contributed by atoms with Crippen LogP contribution in [0, 0.1) is 10.1 Å². The molecule has 0 aromatic heterocycles. The number of benzene rings is 2. The highest BCUT2D eigenvalue weighted by atomic mass is 16.6. The number of nitro groups is 1. The Bertz CT molecular complexity index is 863. The Morgan fingerprint density at radius 3 is 2.45 bits per heavy atom. The number of hydrogen-bond donors (Lipinski definition) is 1. The number of hydrogen-bond acceptors (Lipinski definition) is 7. The Balaban J connectivity index is 1.89. The molecule has 0 saturated carbocycles. The summed E-state index contributed by atoms with van der Waals surface area (Å²) in [7, 11) is 2.83. The van der Waals surface area contributed by atoms with Crippen LogP contribution in [0.5, 0.6) is 5.75 Å². The number of rotatable bonds is 8. The Labute approximate surface area is 169 Å². The molecule has 1 aliphatic rings. The lowest BCUT2D eigenvalue weighted by molar-refractivity contribution is -0.385. The summed E-state index contributed by atoms with van der Waals surface area (Å²) < 4.78 is 9.96. The zero-order valence-corrected chi connectivity index (χ0v) is 16.6. The maximum Gasteiger partial charge on any atom is 0.344 e. The third-order valence-corrected chi connectivity index (χ3v) is 5.10. The minimum absolute atomic E-state index is 0.0500. The van der Waals surface area contributed by atoms with E-state index in [1.165, 1.54) is 32.1 Å². The summed E-state index contributed by atoms with van der Waals surface area (Å²) in [6, 6.07) is 12.2. The van der Waals surface area contributed by atoms with Crippen LogP contribution in [0.15, 0.2) is 42.5 Å². The van der Waals surface area contributed by atoms with Gasteiger partial charge in [-0.1, -0.05) is 12.1 Å². The zero-order chi connectivity index (χ0) is 20.8. The Hall–Kier alpha value is -3.13. The molecule has 0 spiro atoms. The number of methoxy groups -OCH3 is 2. The van der Waals surface area contributed by atoms with Crippen LogP contribution >= 0.6 is 0 Å². The predicted octanol–water partition coefficient (Wildman–Crippen LogP) is 3.64. The van der Waals surface area contributed by atoms with E-state index in [9.17, 15) is 14.9 Å². The molecule has 1 fully saturated rings. The lowest BCUT2D eigenvalue weighted by Crippen LogP contribution is -2.29. The molecule has 2 aromatic rings. The van der Waals surface area contributed by atoms with Gasteiger partial charge >= 0.3 is 5.97 Å². The van der Waals surface area contributed by atoms with E-state index in [1.807, 2.05) is 24.3 Å². The number of esters is 1. The molecular formula is C21H25N3O5. The lowest BCUT2D eigenvalue weighted by atomic mass is 10.0. The molecule has 1 heterocycles. The van der Waals surface area contributed by atoms with Gasteiger partial charge in [-0.3, -0.25) is 10.1 Å². The SMILES string of the molecule is COC(=O)c1cc(N[C@H](CN2CCCC2)c2ccc(OC)cc2)ccc1[N+](=O)[O-]. The number of ether oxygens (including phenoxy) is 2. The first kappa shape index (κ1) is 20.6. The average Bonchev–Trinajstić information content (AvgIpc) is 3.25. The quantitative estimate of drug-likeness (QED) is 0.411. The summed E-state index contributed by atoms with van der Waals surface area (Å²) in [5, 5.41) is 14.7. The number of likely N-dealkylation sites (tertiary alicyclic amines) is 1. The van der Waals surface area contributed by atoms with Gasteiger partial charge in [0.25, 0.3) is 5.69 Å². The van der Waals surface area contributed by atoms with Crippen LogP contribution in [0.4, 0.5) is 11.4 Å². The van der Waals surface area contributed by atoms with Crippen molar-refractivity contribution in [3.63, 3.8) is 0 Å². The number of nitrogens with zero attached hydrogens (tertiary/aromatic N) is 2. The molecule has 1 saturated heterocycles. The molecule has 8 heteroatoms. The minimum Gasteiger partial charge on any atom is -0.497 e. The van der Waals surface area contributed by atoms with Crippen molar-refractivity contribution in [2.75, 3.05) is 39.2 Å². The lowest BCUT2D eigenvalue weighted by Gasteiger charge is -2.26. The third-order valence-electron chi connectivity index (χ3n) is 5.10. The molecule has 29 heavy (non-hydrogen) atoms. The Kier molecular flexibility index (Phi) is 6.66. The van der Waals surface area contributed by atoms with Crippen LogP contribution in [-0.2, 0) is 4.74 Å². The van der Waals surface area contributed by atoms with E-state index in [4.69, 9.17) is 9.47 Å². The van der Waals surface area contributed by atoms with Gasteiger partial charge in [0, 0.05) is 18.3 Å². The summed E-state index contributed by atoms with van der Waals surface area (Å²) in [6.07, 6.45) is 2.36. The van der Waals surface area contributed by atoms with Gasteiger partial charge in [-0.2, -0.15) is 0 Å². The van der Waals surface area contributed by atoms with Crippen molar-refractivity contribution in [1.82, 2.24) is 4.90 Å². The molecule has 1 atom stereocenters. The molecule has 8 nitrogen and oxygen atoms in total. The van der Waals surface area contributed by atoms with Gasteiger partial charge in [-0.05, 0) is 55.8 Å². The monoisotopic (exact) mass is 399 g/mol. The zero-order valence-electron chi connectivity index (χ0n) is 16.6. The van der Waals surface area contributed by atoms with E-state index in [1.54, 1.807) is 13.2 Å². The van der Waals surface area contributed by atoms with Crippen LogP contribution in [-0.4, -0.2) is 49.6 Å². The number of nitro benzene ring substituents is 1. The molecule has 1 aliphatic heterocycles.